The van der Waals surface area contributed by atoms with Gasteiger partial charge in [-0.1, -0.05) is 30.3 Å². The number of hydrogen-bond donors (Lipinski definition) is 2. The first-order valence-corrected chi connectivity index (χ1v) is 9.56. The number of β-amino-alcohol motifs (C(OH)–C–C–N with tert-alkyl or cyclic N) is 1. The highest BCUT2D eigenvalue weighted by molar-refractivity contribution is 5.68. The highest BCUT2D eigenvalue weighted by Crippen LogP contribution is 2.12. The van der Waals surface area contributed by atoms with Crippen molar-refractivity contribution in [3.63, 3.8) is 0 Å². The second kappa shape index (κ2) is 10.3. The average molecular weight is 393 g/mol. The maximum absolute atomic E-state index is 12.1. The van der Waals surface area contributed by atoms with Gasteiger partial charge >= 0.3 is 12.2 Å². The summed E-state index contributed by atoms with van der Waals surface area (Å²) in [6.07, 6.45) is -1.58. The van der Waals surface area contributed by atoms with E-state index in [1.54, 1.807) is 4.90 Å². The lowest BCUT2D eigenvalue weighted by atomic mass is 10.2. The van der Waals surface area contributed by atoms with Crippen molar-refractivity contribution in [1.82, 2.24) is 15.1 Å². The number of carbonyl (C=O) groups is 2. The van der Waals surface area contributed by atoms with Gasteiger partial charge in [-0.05, 0) is 26.3 Å². The number of amides is 2. The number of aliphatic hydroxyl groups excluding tert-OH is 1. The molecule has 8 heteroatoms. The maximum Gasteiger partial charge on any atom is 0.410 e. The van der Waals surface area contributed by atoms with Crippen molar-refractivity contribution in [3.8, 4) is 0 Å². The van der Waals surface area contributed by atoms with Crippen LogP contribution < -0.4 is 5.32 Å². The summed E-state index contributed by atoms with van der Waals surface area (Å²) in [7, 11) is 0. The van der Waals surface area contributed by atoms with E-state index >= 15 is 0 Å². The minimum atomic E-state index is -0.711. The summed E-state index contributed by atoms with van der Waals surface area (Å²) in [5, 5.41) is 12.7. The zero-order valence-corrected chi connectivity index (χ0v) is 16.9. The van der Waals surface area contributed by atoms with Gasteiger partial charge in [-0.3, -0.25) is 4.90 Å². The van der Waals surface area contributed by atoms with Gasteiger partial charge in [0.05, 0.1) is 6.10 Å². The molecule has 0 bridgehead atoms. The molecule has 1 aromatic carbocycles. The van der Waals surface area contributed by atoms with Crippen LogP contribution in [-0.4, -0.2) is 78.1 Å². The Kier molecular flexibility index (Phi) is 8.07. The monoisotopic (exact) mass is 393 g/mol. The molecule has 0 radical (unpaired) electrons. The first-order chi connectivity index (χ1) is 13.2. The van der Waals surface area contributed by atoms with E-state index in [1.165, 1.54) is 0 Å². The number of piperazine rings is 1. The Morgan fingerprint density at radius 2 is 1.79 bits per heavy atom. The van der Waals surface area contributed by atoms with E-state index in [9.17, 15) is 14.7 Å². The van der Waals surface area contributed by atoms with Gasteiger partial charge in [0.25, 0.3) is 0 Å². The molecule has 1 aromatic rings. The number of benzene rings is 1. The van der Waals surface area contributed by atoms with E-state index in [4.69, 9.17) is 9.47 Å². The van der Waals surface area contributed by atoms with E-state index in [0.29, 0.717) is 32.7 Å². The normalized spacial score (nSPS) is 16.4. The SMILES string of the molecule is CC(C)(C)OC(=O)N1CCN(C[C@H](O)CNC(=O)OCc2ccccc2)CC1. The Morgan fingerprint density at radius 1 is 1.14 bits per heavy atom. The van der Waals surface area contributed by atoms with Crippen LogP contribution in [0.3, 0.4) is 0 Å². The summed E-state index contributed by atoms with van der Waals surface area (Å²) in [4.78, 5) is 27.5. The van der Waals surface area contributed by atoms with Gasteiger partial charge in [0.1, 0.15) is 12.2 Å². The molecule has 1 atom stereocenters. The fourth-order valence-corrected chi connectivity index (χ4v) is 2.78. The molecule has 1 aliphatic heterocycles. The zero-order chi connectivity index (χ0) is 20.6. The fourth-order valence-electron chi connectivity index (χ4n) is 2.78. The third kappa shape index (κ3) is 8.14. The van der Waals surface area contributed by atoms with Crippen molar-refractivity contribution in [2.24, 2.45) is 0 Å². The van der Waals surface area contributed by atoms with Gasteiger partial charge in [0.2, 0.25) is 0 Å². The Morgan fingerprint density at radius 3 is 2.39 bits per heavy atom. The second-order valence-corrected chi connectivity index (χ2v) is 7.86. The molecule has 8 nitrogen and oxygen atoms in total. The van der Waals surface area contributed by atoms with Gasteiger partial charge in [0, 0.05) is 39.3 Å². The second-order valence-electron chi connectivity index (χ2n) is 7.86. The number of alkyl carbamates (subject to hydrolysis) is 1. The molecule has 1 saturated heterocycles. The molecule has 0 spiro atoms. The predicted octanol–water partition coefficient (Wildman–Crippen LogP) is 1.83. The molecule has 2 N–H and O–H groups in total. The van der Waals surface area contributed by atoms with Crippen molar-refractivity contribution in [2.75, 3.05) is 39.3 Å². The van der Waals surface area contributed by atoms with Crippen LogP contribution in [0.1, 0.15) is 26.3 Å². The lowest BCUT2D eigenvalue weighted by Gasteiger charge is -2.36. The Bertz CT molecular complexity index is 624. The average Bonchev–Trinajstić information content (AvgIpc) is 2.65. The van der Waals surface area contributed by atoms with Crippen LogP contribution in [-0.2, 0) is 16.1 Å². The van der Waals surface area contributed by atoms with Crippen LogP contribution in [0.25, 0.3) is 0 Å². The van der Waals surface area contributed by atoms with E-state index in [-0.39, 0.29) is 19.2 Å². The molecule has 1 aliphatic rings. The number of hydrogen-bond acceptors (Lipinski definition) is 6. The molecule has 0 saturated carbocycles. The molecule has 0 aromatic heterocycles. The zero-order valence-electron chi connectivity index (χ0n) is 16.9. The molecule has 2 rings (SSSR count). The third-order valence-electron chi connectivity index (χ3n) is 4.19. The predicted molar refractivity (Wildman–Crippen MR) is 105 cm³/mol. The van der Waals surface area contributed by atoms with E-state index < -0.39 is 17.8 Å². The number of rotatable bonds is 6. The number of nitrogens with zero attached hydrogens (tertiary/aromatic N) is 2. The Labute approximate surface area is 166 Å². The van der Waals surface area contributed by atoms with Crippen LogP contribution in [0.2, 0.25) is 0 Å². The standard InChI is InChI=1S/C20H31N3O5/c1-20(2,3)28-19(26)23-11-9-22(10-12-23)14-17(24)13-21-18(25)27-15-16-7-5-4-6-8-16/h4-8,17,24H,9-15H2,1-3H3,(H,21,25)/t17-/m1/s1. The summed E-state index contributed by atoms with van der Waals surface area (Å²) in [5.41, 5.74) is 0.395. The summed E-state index contributed by atoms with van der Waals surface area (Å²) in [5.74, 6) is 0. The van der Waals surface area contributed by atoms with E-state index in [1.807, 2.05) is 51.1 Å². The molecule has 28 heavy (non-hydrogen) atoms. The van der Waals surface area contributed by atoms with Gasteiger partial charge < -0.3 is 24.8 Å². The number of nitrogens with one attached hydrogen (secondary N) is 1. The van der Waals surface area contributed by atoms with Crippen LogP contribution in [0, 0.1) is 0 Å². The minimum absolute atomic E-state index is 0.111. The van der Waals surface area contributed by atoms with Gasteiger partial charge in [-0.25, -0.2) is 9.59 Å². The molecule has 156 valence electrons. The van der Waals surface area contributed by atoms with E-state index in [0.717, 1.165) is 5.56 Å². The van der Waals surface area contributed by atoms with Crippen molar-refractivity contribution in [1.29, 1.82) is 0 Å². The topological polar surface area (TPSA) is 91.3 Å². The molecule has 0 unspecified atom stereocenters. The summed E-state index contributed by atoms with van der Waals surface area (Å²) in [6.45, 7) is 8.64. The Balaban J connectivity index is 1.61. The highest BCUT2D eigenvalue weighted by Gasteiger charge is 2.26. The molecule has 0 aliphatic carbocycles. The van der Waals surface area contributed by atoms with Crippen LogP contribution in [0.4, 0.5) is 9.59 Å². The van der Waals surface area contributed by atoms with Crippen LogP contribution in [0.5, 0.6) is 0 Å². The quantitative estimate of drug-likeness (QED) is 0.766. The number of aliphatic hydroxyl groups is 1. The molecule has 1 heterocycles. The lowest BCUT2D eigenvalue weighted by molar-refractivity contribution is 0.0101. The smallest absolute Gasteiger partial charge is 0.410 e. The minimum Gasteiger partial charge on any atom is -0.445 e. The van der Waals surface area contributed by atoms with Crippen molar-refractivity contribution in [3.05, 3.63) is 35.9 Å². The van der Waals surface area contributed by atoms with Crippen LogP contribution in [0.15, 0.2) is 30.3 Å². The first kappa shape index (κ1) is 22.0. The van der Waals surface area contributed by atoms with Gasteiger partial charge in [-0.2, -0.15) is 0 Å². The lowest BCUT2D eigenvalue weighted by Crippen LogP contribution is -2.52. The fraction of sp³-hybridized carbons (Fsp3) is 0.600. The Hall–Kier alpha value is -2.32. The van der Waals surface area contributed by atoms with Gasteiger partial charge in [0.15, 0.2) is 0 Å². The maximum atomic E-state index is 12.1. The van der Waals surface area contributed by atoms with Gasteiger partial charge in [-0.15, -0.1) is 0 Å². The highest BCUT2D eigenvalue weighted by atomic mass is 16.6. The number of ether oxygens (including phenoxy) is 2. The largest absolute Gasteiger partial charge is 0.445 e. The summed E-state index contributed by atoms with van der Waals surface area (Å²) >= 11 is 0. The third-order valence-corrected chi connectivity index (χ3v) is 4.19. The first-order valence-electron chi connectivity index (χ1n) is 9.56. The summed E-state index contributed by atoms with van der Waals surface area (Å²) < 4.78 is 10.5. The number of carbonyl (C=O) groups excluding carboxylic acids is 2. The summed E-state index contributed by atoms with van der Waals surface area (Å²) in [6, 6.07) is 9.40. The molecule has 1 fully saturated rings. The van der Waals surface area contributed by atoms with Crippen LogP contribution >= 0.6 is 0 Å². The van der Waals surface area contributed by atoms with Crippen molar-refractivity contribution >= 4 is 12.2 Å². The molecular formula is C20H31N3O5. The van der Waals surface area contributed by atoms with E-state index in [2.05, 4.69) is 10.2 Å². The molecule has 2 amide bonds. The van der Waals surface area contributed by atoms with Crippen molar-refractivity contribution < 1.29 is 24.2 Å². The molecular weight excluding hydrogens is 362 g/mol. The van der Waals surface area contributed by atoms with Crippen molar-refractivity contribution in [2.45, 2.75) is 39.1 Å².